The zero-order valence-corrected chi connectivity index (χ0v) is 10.3. The van der Waals surface area contributed by atoms with E-state index in [9.17, 15) is 0 Å². The molecular formula is C11H12ClN5O. The van der Waals surface area contributed by atoms with Crippen molar-refractivity contribution in [1.82, 2.24) is 20.2 Å². The molecule has 6 nitrogen and oxygen atoms in total. The van der Waals surface area contributed by atoms with Crippen LogP contribution in [-0.4, -0.2) is 26.8 Å². The number of anilines is 2. The van der Waals surface area contributed by atoms with E-state index in [0.717, 1.165) is 6.61 Å². The lowest BCUT2D eigenvalue weighted by molar-refractivity contribution is 0.288. The van der Waals surface area contributed by atoms with Gasteiger partial charge in [-0.2, -0.15) is 5.10 Å². The standard InChI is InChI=1S/C11H12ClN5O/c12-11-13-4-3-8(15-11)14-9-5-10(17-16-9)18-6-7-1-2-7/h3-5,7H,1-2,6H2,(H2,13,14,15,16,17). The predicted molar refractivity (Wildman–Crippen MR) is 67.1 cm³/mol. The van der Waals surface area contributed by atoms with E-state index in [1.165, 1.54) is 12.8 Å². The Morgan fingerprint density at radius 2 is 2.33 bits per heavy atom. The minimum absolute atomic E-state index is 0.195. The van der Waals surface area contributed by atoms with Gasteiger partial charge in [0.1, 0.15) is 5.82 Å². The Balaban J connectivity index is 1.61. The van der Waals surface area contributed by atoms with Crippen LogP contribution in [0.2, 0.25) is 5.28 Å². The second kappa shape index (κ2) is 4.81. The molecular weight excluding hydrogens is 254 g/mol. The normalized spacial score (nSPS) is 14.5. The minimum atomic E-state index is 0.195. The Morgan fingerprint density at radius 1 is 1.44 bits per heavy atom. The van der Waals surface area contributed by atoms with Crippen LogP contribution in [0.3, 0.4) is 0 Å². The van der Waals surface area contributed by atoms with Gasteiger partial charge in [-0.05, 0) is 36.4 Å². The fraction of sp³-hybridized carbons (Fsp3) is 0.364. The smallest absolute Gasteiger partial charge is 0.224 e. The molecule has 0 atom stereocenters. The van der Waals surface area contributed by atoms with Gasteiger partial charge in [-0.15, -0.1) is 0 Å². The highest BCUT2D eigenvalue weighted by molar-refractivity contribution is 6.28. The first-order valence-electron chi connectivity index (χ1n) is 5.73. The summed E-state index contributed by atoms with van der Waals surface area (Å²) in [6, 6.07) is 3.50. The molecule has 0 radical (unpaired) electrons. The molecule has 0 amide bonds. The molecule has 18 heavy (non-hydrogen) atoms. The molecule has 1 fully saturated rings. The van der Waals surface area contributed by atoms with Crippen LogP contribution in [0.15, 0.2) is 18.3 Å². The first-order chi connectivity index (χ1) is 8.79. The number of hydrogen-bond donors (Lipinski definition) is 2. The van der Waals surface area contributed by atoms with Gasteiger partial charge in [0.05, 0.1) is 6.61 Å². The molecule has 0 aromatic carbocycles. The zero-order chi connectivity index (χ0) is 12.4. The van der Waals surface area contributed by atoms with Crippen molar-refractivity contribution in [3.05, 3.63) is 23.6 Å². The Bertz CT molecular complexity index is 540. The Kier molecular flexibility index (Phi) is 3.02. The van der Waals surface area contributed by atoms with Crippen molar-refractivity contribution < 1.29 is 4.74 Å². The summed E-state index contributed by atoms with van der Waals surface area (Å²) in [7, 11) is 0. The summed E-state index contributed by atoms with van der Waals surface area (Å²) < 4.78 is 5.56. The summed E-state index contributed by atoms with van der Waals surface area (Å²) in [6.07, 6.45) is 4.10. The largest absolute Gasteiger partial charge is 0.478 e. The molecule has 1 saturated carbocycles. The minimum Gasteiger partial charge on any atom is -0.478 e. The van der Waals surface area contributed by atoms with E-state index in [1.807, 2.05) is 0 Å². The first kappa shape index (κ1) is 11.3. The molecule has 2 aromatic heterocycles. The van der Waals surface area contributed by atoms with E-state index in [4.69, 9.17) is 16.3 Å². The van der Waals surface area contributed by atoms with Crippen LogP contribution >= 0.6 is 11.6 Å². The van der Waals surface area contributed by atoms with Gasteiger partial charge in [0.25, 0.3) is 0 Å². The molecule has 2 aromatic rings. The van der Waals surface area contributed by atoms with E-state index in [2.05, 4.69) is 25.5 Å². The van der Waals surface area contributed by atoms with E-state index in [1.54, 1.807) is 18.3 Å². The number of nitrogens with zero attached hydrogens (tertiary/aromatic N) is 3. The summed E-state index contributed by atoms with van der Waals surface area (Å²) in [5.41, 5.74) is 0. The number of hydrogen-bond acceptors (Lipinski definition) is 5. The molecule has 0 unspecified atom stereocenters. The molecule has 94 valence electrons. The van der Waals surface area contributed by atoms with Gasteiger partial charge in [-0.3, -0.25) is 0 Å². The molecule has 7 heteroatoms. The van der Waals surface area contributed by atoms with Crippen LogP contribution in [0.1, 0.15) is 12.8 Å². The SMILES string of the molecule is Clc1nccc(Nc2cc(OCC3CC3)[nH]n2)n1. The van der Waals surface area contributed by atoms with E-state index >= 15 is 0 Å². The number of halogens is 1. The average molecular weight is 266 g/mol. The third-order valence-corrected chi connectivity index (χ3v) is 2.79. The van der Waals surface area contributed by atoms with Crippen LogP contribution in [0.5, 0.6) is 5.88 Å². The summed E-state index contributed by atoms with van der Waals surface area (Å²) in [4.78, 5) is 7.81. The van der Waals surface area contributed by atoms with Gasteiger partial charge in [0.2, 0.25) is 11.2 Å². The van der Waals surface area contributed by atoms with Crippen molar-refractivity contribution >= 4 is 23.2 Å². The van der Waals surface area contributed by atoms with Crippen LogP contribution in [-0.2, 0) is 0 Å². The van der Waals surface area contributed by atoms with Gasteiger partial charge in [-0.25, -0.2) is 15.1 Å². The average Bonchev–Trinajstić information content (AvgIpc) is 3.08. The van der Waals surface area contributed by atoms with Crippen molar-refractivity contribution in [2.24, 2.45) is 5.92 Å². The van der Waals surface area contributed by atoms with Crippen LogP contribution in [0.4, 0.5) is 11.6 Å². The van der Waals surface area contributed by atoms with Gasteiger partial charge in [0.15, 0.2) is 5.82 Å². The van der Waals surface area contributed by atoms with Crippen LogP contribution < -0.4 is 10.1 Å². The maximum absolute atomic E-state index is 5.69. The van der Waals surface area contributed by atoms with E-state index in [-0.39, 0.29) is 5.28 Å². The maximum Gasteiger partial charge on any atom is 0.224 e. The highest BCUT2D eigenvalue weighted by Gasteiger charge is 2.22. The number of H-pyrrole nitrogens is 1. The van der Waals surface area contributed by atoms with Crippen LogP contribution in [0.25, 0.3) is 0 Å². The second-order valence-corrected chi connectivity index (χ2v) is 4.55. The lowest BCUT2D eigenvalue weighted by atomic mass is 10.5. The van der Waals surface area contributed by atoms with Crippen molar-refractivity contribution in [1.29, 1.82) is 0 Å². The molecule has 1 aliphatic rings. The monoisotopic (exact) mass is 265 g/mol. The quantitative estimate of drug-likeness (QED) is 0.812. The molecule has 0 saturated heterocycles. The highest BCUT2D eigenvalue weighted by Crippen LogP contribution is 2.29. The van der Waals surface area contributed by atoms with Crippen molar-refractivity contribution in [2.45, 2.75) is 12.8 Å². The van der Waals surface area contributed by atoms with Crippen molar-refractivity contribution in [3.63, 3.8) is 0 Å². The van der Waals surface area contributed by atoms with Crippen molar-refractivity contribution in [2.75, 3.05) is 11.9 Å². The second-order valence-electron chi connectivity index (χ2n) is 4.21. The van der Waals surface area contributed by atoms with Crippen LogP contribution in [0, 0.1) is 5.92 Å². The third kappa shape index (κ3) is 2.89. The molecule has 3 rings (SSSR count). The summed E-state index contributed by atoms with van der Waals surface area (Å²) in [6.45, 7) is 0.751. The molecule has 2 N–H and O–H groups in total. The predicted octanol–water partition coefficient (Wildman–Crippen LogP) is 2.39. The van der Waals surface area contributed by atoms with Gasteiger partial charge < -0.3 is 10.1 Å². The maximum atomic E-state index is 5.69. The lowest BCUT2D eigenvalue weighted by Crippen LogP contribution is -1.98. The third-order valence-electron chi connectivity index (χ3n) is 2.61. The molecule has 2 heterocycles. The molecule has 0 bridgehead atoms. The summed E-state index contributed by atoms with van der Waals surface area (Å²) in [5, 5.41) is 10.1. The number of aromatic amines is 1. The lowest BCUT2D eigenvalue weighted by Gasteiger charge is -2.00. The fourth-order valence-corrected chi connectivity index (χ4v) is 1.62. The van der Waals surface area contributed by atoms with Gasteiger partial charge in [-0.1, -0.05) is 0 Å². The molecule has 0 spiro atoms. The van der Waals surface area contributed by atoms with E-state index < -0.39 is 0 Å². The summed E-state index contributed by atoms with van der Waals surface area (Å²) in [5.74, 6) is 2.60. The molecule has 1 aliphatic carbocycles. The number of nitrogens with one attached hydrogen (secondary N) is 2. The Hall–Kier alpha value is -1.82. The highest BCUT2D eigenvalue weighted by atomic mass is 35.5. The Morgan fingerprint density at radius 3 is 3.11 bits per heavy atom. The van der Waals surface area contributed by atoms with Gasteiger partial charge >= 0.3 is 0 Å². The fourth-order valence-electron chi connectivity index (χ4n) is 1.47. The summed E-state index contributed by atoms with van der Waals surface area (Å²) >= 11 is 5.69. The van der Waals surface area contributed by atoms with Gasteiger partial charge in [0, 0.05) is 12.3 Å². The number of ether oxygens (including phenoxy) is 1. The Labute approximate surface area is 109 Å². The molecule has 0 aliphatic heterocycles. The number of rotatable bonds is 5. The topological polar surface area (TPSA) is 75.7 Å². The number of aromatic nitrogens is 4. The van der Waals surface area contributed by atoms with E-state index in [0.29, 0.717) is 23.4 Å². The first-order valence-corrected chi connectivity index (χ1v) is 6.11. The van der Waals surface area contributed by atoms with Crippen molar-refractivity contribution in [3.8, 4) is 5.88 Å². The zero-order valence-electron chi connectivity index (χ0n) is 9.56.